The van der Waals surface area contributed by atoms with Gasteiger partial charge >= 0.3 is 0 Å². The first-order valence-corrected chi connectivity index (χ1v) is 14.4. The van der Waals surface area contributed by atoms with Gasteiger partial charge in [0.1, 0.15) is 12.3 Å². The molecule has 0 radical (unpaired) electrons. The zero-order valence-corrected chi connectivity index (χ0v) is 23.8. The third-order valence-electron chi connectivity index (χ3n) is 7.53. The summed E-state index contributed by atoms with van der Waals surface area (Å²) in [4.78, 5) is 27.0. The van der Waals surface area contributed by atoms with Gasteiger partial charge in [-0.05, 0) is 81.7 Å². The lowest BCUT2D eigenvalue weighted by Gasteiger charge is -2.45. The molecule has 1 aliphatic heterocycles. The number of aliphatic hydroxyl groups is 1. The van der Waals surface area contributed by atoms with Gasteiger partial charge < -0.3 is 10.4 Å². The fourth-order valence-corrected chi connectivity index (χ4v) is 6.23. The van der Waals surface area contributed by atoms with Crippen LogP contribution >= 0.6 is 27.5 Å². The van der Waals surface area contributed by atoms with Crippen LogP contribution in [-0.4, -0.2) is 62.7 Å². The highest BCUT2D eigenvalue weighted by Gasteiger charge is 2.40. The molecule has 1 amide bonds. The zero-order chi connectivity index (χ0) is 26.6. The number of fused-ring (bicyclic) bond motifs is 2. The van der Waals surface area contributed by atoms with Gasteiger partial charge in [-0.1, -0.05) is 37.1 Å². The molecular formula is C29H33BrClN5O2. The van der Waals surface area contributed by atoms with Crippen LogP contribution in [0.15, 0.2) is 59.5 Å². The molecule has 2 aromatic heterocycles. The van der Waals surface area contributed by atoms with Crippen molar-refractivity contribution in [2.75, 3.05) is 19.6 Å². The van der Waals surface area contributed by atoms with E-state index in [0.29, 0.717) is 32.6 Å². The van der Waals surface area contributed by atoms with Crippen LogP contribution in [-0.2, 0) is 24.2 Å². The minimum Gasteiger partial charge on any atom is -0.378 e. The van der Waals surface area contributed by atoms with Crippen molar-refractivity contribution in [3.05, 3.63) is 92.4 Å². The van der Waals surface area contributed by atoms with Gasteiger partial charge in [0.2, 0.25) is 5.91 Å². The largest absolute Gasteiger partial charge is 0.378 e. The molecule has 2 N–H and O–H groups in total. The predicted molar refractivity (Wildman–Crippen MR) is 152 cm³/mol. The fourth-order valence-electron chi connectivity index (χ4n) is 5.66. The molecule has 9 heteroatoms. The summed E-state index contributed by atoms with van der Waals surface area (Å²) >= 11 is 10.00. The van der Waals surface area contributed by atoms with E-state index in [1.807, 2.05) is 36.2 Å². The van der Waals surface area contributed by atoms with Crippen LogP contribution in [0.4, 0.5) is 0 Å². The highest BCUT2D eigenvalue weighted by molar-refractivity contribution is 9.10. The third kappa shape index (κ3) is 5.95. The summed E-state index contributed by atoms with van der Waals surface area (Å²) in [5.74, 6) is -0.0948. The van der Waals surface area contributed by atoms with Crippen LogP contribution in [0.1, 0.15) is 53.8 Å². The lowest BCUT2D eigenvalue weighted by Crippen LogP contribution is -2.62. The number of halogens is 2. The molecule has 0 saturated carbocycles. The Kier molecular flexibility index (Phi) is 8.75. The molecule has 3 heterocycles. The second kappa shape index (κ2) is 12.2. The van der Waals surface area contributed by atoms with Gasteiger partial charge in [0.05, 0.1) is 11.7 Å². The quantitative estimate of drug-likeness (QED) is 0.417. The Labute approximate surface area is 237 Å². The Bertz CT molecular complexity index is 1220. The number of aryl methyl sites for hydroxylation is 2. The fraction of sp³-hybridized carbons (Fsp3) is 0.414. The molecule has 38 heavy (non-hydrogen) atoms. The van der Waals surface area contributed by atoms with Gasteiger partial charge in [-0.15, -0.1) is 0 Å². The van der Waals surface area contributed by atoms with Crippen molar-refractivity contribution in [3.63, 3.8) is 0 Å². The van der Waals surface area contributed by atoms with E-state index in [-0.39, 0.29) is 11.9 Å². The van der Waals surface area contributed by atoms with E-state index >= 15 is 0 Å². The van der Waals surface area contributed by atoms with Crippen molar-refractivity contribution in [2.24, 2.45) is 0 Å². The second-order valence-corrected chi connectivity index (χ2v) is 11.4. The van der Waals surface area contributed by atoms with Gasteiger partial charge in [0.25, 0.3) is 0 Å². The van der Waals surface area contributed by atoms with E-state index < -0.39 is 12.3 Å². The molecule has 2 aliphatic rings. The molecule has 5 rings (SSSR count). The van der Waals surface area contributed by atoms with Crippen molar-refractivity contribution in [3.8, 4) is 0 Å². The summed E-state index contributed by atoms with van der Waals surface area (Å²) in [5, 5.41) is 14.8. The summed E-state index contributed by atoms with van der Waals surface area (Å²) < 4.78 is 0.958. The number of hydrogen-bond acceptors (Lipinski definition) is 6. The van der Waals surface area contributed by atoms with E-state index in [1.54, 1.807) is 12.4 Å². The molecule has 0 spiro atoms. The van der Waals surface area contributed by atoms with Gasteiger partial charge in [0, 0.05) is 54.3 Å². The smallest absolute Gasteiger partial charge is 0.239 e. The van der Waals surface area contributed by atoms with E-state index in [4.69, 9.17) is 16.6 Å². The number of hydrogen-bond donors (Lipinski definition) is 2. The SMILES string of the molecule is CCCC(O)N1CCN(C2c3ccc(Cl)cc3CCc3cc(Br)cnc32)CC1C(=O)NCc1cccnc1. The first-order valence-electron chi connectivity index (χ1n) is 13.2. The number of aromatic nitrogens is 2. The average molecular weight is 599 g/mol. The molecule has 1 aromatic carbocycles. The normalized spacial score (nSPS) is 20.7. The molecule has 1 fully saturated rings. The summed E-state index contributed by atoms with van der Waals surface area (Å²) in [5.41, 5.74) is 5.55. The Morgan fingerprint density at radius 2 is 2.05 bits per heavy atom. The maximum absolute atomic E-state index is 13.6. The topological polar surface area (TPSA) is 81.6 Å². The predicted octanol–water partition coefficient (Wildman–Crippen LogP) is 4.50. The van der Waals surface area contributed by atoms with Crippen LogP contribution in [0.3, 0.4) is 0 Å². The van der Waals surface area contributed by atoms with E-state index in [9.17, 15) is 9.90 Å². The van der Waals surface area contributed by atoms with E-state index in [1.165, 1.54) is 16.7 Å². The monoisotopic (exact) mass is 597 g/mol. The number of amides is 1. The highest BCUT2D eigenvalue weighted by Crippen LogP contribution is 2.38. The molecular weight excluding hydrogens is 566 g/mol. The average Bonchev–Trinajstić information content (AvgIpc) is 3.08. The van der Waals surface area contributed by atoms with Crippen molar-refractivity contribution in [1.82, 2.24) is 25.1 Å². The minimum absolute atomic E-state index is 0.0948. The van der Waals surface area contributed by atoms with Crippen LogP contribution in [0, 0.1) is 0 Å². The minimum atomic E-state index is -0.669. The third-order valence-corrected chi connectivity index (χ3v) is 8.20. The number of rotatable bonds is 7. The molecule has 3 atom stereocenters. The van der Waals surface area contributed by atoms with Crippen LogP contribution in [0.5, 0.6) is 0 Å². The molecule has 1 saturated heterocycles. The van der Waals surface area contributed by atoms with Crippen LogP contribution < -0.4 is 5.32 Å². The number of piperazine rings is 1. The lowest BCUT2D eigenvalue weighted by atomic mass is 9.95. The zero-order valence-electron chi connectivity index (χ0n) is 21.5. The Morgan fingerprint density at radius 3 is 2.84 bits per heavy atom. The van der Waals surface area contributed by atoms with Gasteiger partial charge in [-0.2, -0.15) is 0 Å². The number of carbonyl (C=O) groups excluding carboxylic acids is 1. The molecule has 3 aromatic rings. The highest BCUT2D eigenvalue weighted by atomic mass is 79.9. The lowest BCUT2D eigenvalue weighted by molar-refractivity contribution is -0.138. The first-order chi connectivity index (χ1) is 18.4. The maximum atomic E-state index is 13.6. The van der Waals surface area contributed by atoms with E-state index in [2.05, 4.69) is 49.3 Å². The number of nitrogens with zero attached hydrogens (tertiary/aromatic N) is 4. The number of carbonyl (C=O) groups is 1. The number of aliphatic hydroxyl groups excluding tert-OH is 1. The van der Waals surface area contributed by atoms with Crippen molar-refractivity contribution in [2.45, 2.75) is 57.5 Å². The van der Waals surface area contributed by atoms with Crippen molar-refractivity contribution >= 4 is 33.4 Å². The number of pyridine rings is 2. The number of nitrogens with one attached hydrogen (secondary N) is 1. The molecule has 1 aliphatic carbocycles. The Morgan fingerprint density at radius 1 is 1.21 bits per heavy atom. The van der Waals surface area contributed by atoms with E-state index in [0.717, 1.165) is 40.0 Å². The summed E-state index contributed by atoms with van der Waals surface area (Å²) in [6, 6.07) is 11.5. The summed E-state index contributed by atoms with van der Waals surface area (Å²) in [6.45, 7) is 4.20. The first kappa shape index (κ1) is 27.2. The molecule has 200 valence electrons. The Balaban J connectivity index is 1.47. The van der Waals surface area contributed by atoms with Crippen molar-refractivity contribution in [1.29, 1.82) is 0 Å². The summed E-state index contributed by atoms with van der Waals surface area (Å²) in [6.07, 6.45) is 7.87. The molecule has 3 unspecified atom stereocenters. The Hall–Kier alpha value is -2.36. The second-order valence-electron chi connectivity index (χ2n) is 10.0. The maximum Gasteiger partial charge on any atom is 0.239 e. The summed E-state index contributed by atoms with van der Waals surface area (Å²) in [7, 11) is 0. The van der Waals surface area contributed by atoms with Crippen molar-refractivity contribution < 1.29 is 9.90 Å². The van der Waals surface area contributed by atoms with Crippen LogP contribution in [0.25, 0.3) is 0 Å². The molecule has 0 bridgehead atoms. The van der Waals surface area contributed by atoms with Gasteiger partial charge in [0.15, 0.2) is 0 Å². The van der Waals surface area contributed by atoms with Gasteiger partial charge in [-0.25, -0.2) is 0 Å². The standard InChI is InChI=1S/C29H33BrClN5O2/c1-2-4-26(37)36-12-11-35(18-25(36)29(38)34-16-19-5-3-10-32-15-19)28-24-9-8-23(31)14-20(24)6-7-21-13-22(30)17-33-27(21)28/h3,5,8-10,13-15,17,25-26,28,37H,2,4,6-7,11-12,16,18H2,1H3,(H,34,38). The molecule has 7 nitrogen and oxygen atoms in total. The number of benzene rings is 1. The van der Waals surface area contributed by atoms with Crippen LogP contribution in [0.2, 0.25) is 5.02 Å². The van der Waals surface area contributed by atoms with Gasteiger partial charge in [-0.3, -0.25) is 24.6 Å².